The van der Waals surface area contributed by atoms with E-state index in [9.17, 15) is 9.59 Å². The van der Waals surface area contributed by atoms with Crippen molar-refractivity contribution in [1.82, 2.24) is 4.90 Å². The minimum absolute atomic E-state index is 0.00953. The van der Waals surface area contributed by atoms with Gasteiger partial charge >= 0.3 is 16.0 Å². The van der Waals surface area contributed by atoms with Crippen LogP contribution in [0.3, 0.4) is 0 Å². The Bertz CT molecular complexity index is 661. The van der Waals surface area contributed by atoms with Crippen molar-refractivity contribution in [3.63, 3.8) is 0 Å². The molecule has 0 spiro atoms. The Hall–Kier alpha value is -0.820. The van der Waals surface area contributed by atoms with Crippen LogP contribution >= 0.6 is 30.9 Å². The van der Waals surface area contributed by atoms with Crippen LogP contribution in [-0.2, 0) is 32.7 Å². The molecule has 1 amide bonds. The quantitative estimate of drug-likeness (QED) is 0.199. The summed E-state index contributed by atoms with van der Waals surface area (Å²) in [5, 5.41) is 0. The van der Waals surface area contributed by atoms with Gasteiger partial charge in [-0.2, -0.15) is 0 Å². The molecule has 5 nitrogen and oxygen atoms in total. The van der Waals surface area contributed by atoms with E-state index in [0.717, 1.165) is 17.1 Å². The molecule has 0 fully saturated rings. The van der Waals surface area contributed by atoms with Gasteiger partial charge in [0.15, 0.2) is 11.8 Å². The number of hydrogen-bond donors (Lipinski definition) is 0. The summed E-state index contributed by atoms with van der Waals surface area (Å²) in [5.74, 6) is 2.03. The zero-order valence-electron chi connectivity index (χ0n) is 18.4. The lowest BCUT2D eigenvalue weighted by atomic mass is 10.2. The fourth-order valence-corrected chi connectivity index (χ4v) is 7.39. The van der Waals surface area contributed by atoms with Crippen LogP contribution in [0.2, 0.25) is 0 Å². The first-order valence-corrected chi connectivity index (χ1v) is 14.2. The first kappa shape index (κ1) is 27.2. The molecule has 0 saturated carbocycles. The van der Waals surface area contributed by atoms with Crippen molar-refractivity contribution in [1.29, 1.82) is 0 Å². The van der Waals surface area contributed by atoms with Gasteiger partial charge < -0.3 is 9.47 Å². The molecule has 1 atom stereocenters. The van der Waals surface area contributed by atoms with E-state index in [2.05, 4.69) is 27.7 Å². The fourth-order valence-electron chi connectivity index (χ4n) is 2.29. The number of esters is 1. The number of nitrogens with zero attached hydrogens (tertiary/aromatic N) is 1. The molecule has 0 N–H and O–H groups in total. The van der Waals surface area contributed by atoms with E-state index < -0.39 is 16.0 Å². The molecule has 9 heteroatoms. The topological polar surface area (TPSA) is 55.8 Å². The van der Waals surface area contributed by atoms with Crippen LogP contribution in [0.5, 0.6) is 0 Å². The van der Waals surface area contributed by atoms with Gasteiger partial charge in [0.2, 0.25) is 7.36 Å². The van der Waals surface area contributed by atoms with Gasteiger partial charge in [0.05, 0.1) is 6.61 Å². The molecule has 1 rings (SSSR count). The fraction of sp³-hybridized carbons (Fsp3) is 0.619. The third-order valence-electron chi connectivity index (χ3n) is 3.73. The lowest BCUT2D eigenvalue weighted by Crippen LogP contribution is -2.48. The maximum absolute atomic E-state index is 13.2. The van der Waals surface area contributed by atoms with Crippen molar-refractivity contribution < 1.29 is 19.1 Å². The van der Waals surface area contributed by atoms with E-state index in [1.54, 1.807) is 30.4 Å². The molecule has 1 aromatic carbocycles. The highest BCUT2D eigenvalue weighted by Crippen LogP contribution is 2.50. The second kappa shape index (κ2) is 14.3. The van der Waals surface area contributed by atoms with E-state index in [1.807, 2.05) is 30.3 Å². The number of carbonyl (C=O) groups excluding carboxylic acids is 2. The number of rotatable bonds is 13. The van der Waals surface area contributed by atoms with Crippen molar-refractivity contribution in [3.8, 4) is 0 Å². The van der Waals surface area contributed by atoms with Crippen molar-refractivity contribution in [3.05, 3.63) is 35.9 Å². The molecule has 0 aliphatic heterocycles. The Balaban J connectivity index is 3.16. The first-order valence-electron chi connectivity index (χ1n) is 10.0. The molecule has 0 bridgehead atoms. The van der Waals surface area contributed by atoms with Crippen LogP contribution in [0.4, 0.5) is 4.79 Å². The van der Waals surface area contributed by atoms with Crippen LogP contribution in [-0.4, -0.2) is 45.6 Å². The van der Waals surface area contributed by atoms with E-state index in [1.165, 1.54) is 4.90 Å². The third kappa shape index (κ3) is 9.54. The molecule has 1 aromatic rings. The highest BCUT2D eigenvalue weighted by molar-refractivity contribution is 8.27. The Morgan fingerprint density at radius 1 is 1.07 bits per heavy atom. The minimum atomic E-state index is -0.746. The highest BCUT2D eigenvalue weighted by Gasteiger charge is 2.49. The number of benzene rings is 1. The molecule has 0 heterocycles. The summed E-state index contributed by atoms with van der Waals surface area (Å²) in [6.45, 7) is 10.5. The van der Waals surface area contributed by atoms with E-state index in [-0.39, 0.29) is 27.1 Å². The first-order chi connectivity index (χ1) is 14.2. The van der Waals surface area contributed by atoms with Crippen molar-refractivity contribution >= 4 is 54.7 Å². The van der Waals surface area contributed by atoms with Crippen molar-refractivity contribution in [2.45, 2.75) is 45.2 Å². The van der Waals surface area contributed by atoms with Gasteiger partial charge in [-0.15, -0.1) is 0 Å². The lowest BCUT2D eigenvalue weighted by Gasteiger charge is -2.33. The molecular formula is C21H33NO4PS3+. The number of ether oxygens (including phenoxy) is 2. The zero-order valence-corrected chi connectivity index (χ0v) is 21.8. The Kier molecular flexibility index (Phi) is 13.0. The third-order valence-corrected chi connectivity index (χ3v) is 11.0. The summed E-state index contributed by atoms with van der Waals surface area (Å²) in [7, 11) is -0.00953. The van der Waals surface area contributed by atoms with Gasteiger partial charge in [-0.1, -0.05) is 81.6 Å². The molecule has 0 aromatic heterocycles. The minimum Gasteiger partial charge on any atom is -0.465 e. The summed E-state index contributed by atoms with van der Waals surface area (Å²) < 4.78 is 9.99. The average Bonchev–Trinajstić information content (AvgIpc) is 2.72. The second-order valence-electron chi connectivity index (χ2n) is 7.52. The molecule has 0 aliphatic rings. The predicted molar refractivity (Wildman–Crippen MR) is 133 cm³/mol. The number of carbonyl (C=O) groups is 2. The van der Waals surface area contributed by atoms with Crippen LogP contribution in [0.15, 0.2) is 30.3 Å². The van der Waals surface area contributed by atoms with Crippen LogP contribution in [0.1, 0.15) is 40.2 Å². The number of hydrogen-bond acceptors (Lipinski definition) is 7. The Morgan fingerprint density at radius 3 is 2.10 bits per heavy atom. The monoisotopic (exact) mass is 490 g/mol. The van der Waals surface area contributed by atoms with Crippen LogP contribution in [0, 0.1) is 11.8 Å². The Labute approximate surface area is 195 Å². The summed E-state index contributed by atoms with van der Waals surface area (Å²) in [6.07, 6.45) is -0.545. The van der Waals surface area contributed by atoms with Crippen LogP contribution in [0.25, 0.3) is 0 Å². The summed E-state index contributed by atoms with van der Waals surface area (Å²) in [5.41, 5.74) is 0.887. The normalized spacial score (nSPS) is 11.7. The van der Waals surface area contributed by atoms with E-state index >= 15 is 0 Å². The standard InChI is InChI=1S/C21H32NO4PS3/c1-6-25-19(23)12-22(20(24)26-13-18-10-8-7-9-11-18)21(27-28,29-14-16(2)3)30-15-17(4)5/h7-11,16-17H,6,12-15H2,1-5H3/p+1. The maximum Gasteiger partial charge on any atom is 0.415 e. The second-order valence-corrected chi connectivity index (χ2v) is 12.5. The van der Waals surface area contributed by atoms with Gasteiger partial charge in [0, 0.05) is 11.5 Å². The summed E-state index contributed by atoms with van der Waals surface area (Å²) in [4.78, 5) is 27.0. The van der Waals surface area contributed by atoms with Crippen LogP contribution < -0.4 is 0 Å². The van der Waals surface area contributed by atoms with Gasteiger partial charge in [0.25, 0.3) is 0 Å². The van der Waals surface area contributed by atoms with Gasteiger partial charge in [-0.25, -0.2) is 9.69 Å². The summed E-state index contributed by atoms with van der Waals surface area (Å²) >= 11 is 8.82. The van der Waals surface area contributed by atoms with Gasteiger partial charge in [0.1, 0.15) is 13.2 Å². The highest BCUT2D eigenvalue weighted by atomic mass is 32.4. The molecular weight excluding hydrogens is 457 g/mol. The largest absolute Gasteiger partial charge is 0.465 e. The summed E-state index contributed by atoms with van der Waals surface area (Å²) in [6, 6.07) is 9.49. The SMILES string of the molecule is CCOC(=O)CN(C(=O)OCc1ccccc1)C([PH+]=S)(SCC(C)C)SCC(C)C. The van der Waals surface area contributed by atoms with Gasteiger partial charge in [-0.3, -0.25) is 4.79 Å². The van der Waals surface area contributed by atoms with Gasteiger partial charge in [-0.05, 0) is 24.3 Å². The van der Waals surface area contributed by atoms with Crippen molar-refractivity contribution in [2.24, 2.45) is 11.8 Å². The molecule has 0 saturated heterocycles. The number of amides is 1. The molecule has 30 heavy (non-hydrogen) atoms. The molecule has 0 aliphatic carbocycles. The zero-order chi connectivity index (χ0) is 22.6. The molecule has 1 unspecified atom stereocenters. The van der Waals surface area contributed by atoms with Crippen molar-refractivity contribution in [2.75, 3.05) is 24.7 Å². The van der Waals surface area contributed by atoms with E-state index in [0.29, 0.717) is 11.8 Å². The number of thioether (sulfide) groups is 2. The van der Waals surface area contributed by atoms with E-state index in [4.69, 9.17) is 21.3 Å². The smallest absolute Gasteiger partial charge is 0.415 e. The Morgan fingerprint density at radius 2 is 1.63 bits per heavy atom. The molecule has 0 radical (unpaired) electrons. The predicted octanol–water partition coefficient (Wildman–Crippen LogP) is 5.72. The maximum atomic E-state index is 13.2. The molecule has 168 valence electrons. The lowest BCUT2D eigenvalue weighted by molar-refractivity contribution is -0.144. The average molecular weight is 491 g/mol.